The summed E-state index contributed by atoms with van der Waals surface area (Å²) in [5, 5.41) is 9.47. The van der Waals surface area contributed by atoms with Crippen molar-refractivity contribution in [2.45, 2.75) is 42.6 Å². The van der Waals surface area contributed by atoms with Crippen molar-refractivity contribution < 1.29 is 76.7 Å². The molecule has 0 saturated carbocycles. The van der Waals surface area contributed by atoms with Crippen LogP contribution in [0.15, 0.2) is 0 Å². The number of rotatable bonds is 5. The van der Waals surface area contributed by atoms with Crippen molar-refractivity contribution in [2.24, 2.45) is 0 Å². The number of hydrogen-bond donors (Lipinski definition) is 0. The molecule has 0 atom stereocenters. The van der Waals surface area contributed by atoms with Crippen LogP contribution in [0.3, 0.4) is 0 Å². The minimum Gasteiger partial charge on any atom is -0.793 e. The van der Waals surface area contributed by atoms with E-state index in [1.165, 1.54) is 0 Å². The van der Waals surface area contributed by atoms with E-state index in [-0.39, 0.29) is 18.9 Å². The molecule has 21 heavy (non-hydrogen) atoms. The second-order valence-electron chi connectivity index (χ2n) is 3.70. The van der Waals surface area contributed by atoms with E-state index in [4.69, 9.17) is 0 Å². The van der Waals surface area contributed by atoms with E-state index < -0.39 is 42.6 Å². The van der Waals surface area contributed by atoms with E-state index in [0.29, 0.717) is 0 Å². The predicted molar refractivity (Wildman–Crippen MR) is 35.4 cm³/mol. The summed E-state index contributed by atoms with van der Waals surface area (Å²) in [5.41, 5.74) is 0. The summed E-state index contributed by atoms with van der Waals surface area (Å²) >= 11 is 0. The molecule has 0 aromatic rings. The Hall–Kier alpha value is -0.283. The van der Waals surface area contributed by atoms with Crippen LogP contribution in [0.5, 0.6) is 0 Å². The number of hydrogen-bond acceptors (Lipinski definition) is 1. The summed E-state index contributed by atoms with van der Waals surface area (Å²) < 4.78 is 147. The van der Waals surface area contributed by atoms with Gasteiger partial charge in [0.1, 0.15) is 0 Å². The van der Waals surface area contributed by atoms with Crippen molar-refractivity contribution in [1.82, 2.24) is 0 Å². The Morgan fingerprint density at radius 2 is 0.762 bits per heavy atom. The van der Waals surface area contributed by atoms with E-state index >= 15 is 0 Å². The van der Waals surface area contributed by atoms with Gasteiger partial charge in [0.05, 0.1) is 0 Å². The maximum Gasteiger partial charge on any atom is 1.00 e. The molecule has 0 fully saturated rings. The van der Waals surface area contributed by atoms with Gasteiger partial charge in [-0.05, 0) is 0 Å². The molecular formula is C7H3F12LiO. The SMILES string of the molecule is CC(F)(F)C(F)(F)C(F)(F)C(F)(F)C(F)(F)C([O-])(F)F.[Li+]. The molecule has 122 valence electrons. The smallest absolute Gasteiger partial charge is 0.793 e. The molecule has 0 aliphatic heterocycles. The molecule has 0 aromatic carbocycles. The van der Waals surface area contributed by atoms with Crippen LogP contribution >= 0.6 is 0 Å². The fraction of sp³-hybridized carbons (Fsp3) is 1.00. The third-order valence-electron chi connectivity index (χ3n) is 2.10. The fourth-order valence-electron chi connectivity index (χ4n) is 0.853. The maximum absolute atomic E-state index is 12.6. The molecular weight excluding hydrogens is 335 g/mol. The molecule has 0 aromatic heterocycles. The van der Waals surface area contributed by atoms with Crippen LogP contribution in [0.4, 0.5) is 52.7 Å². The van der Waals surface area contributed by atoms with Gasteiger partial charge < -0.3 is 5.11 Å². The van der Waals surface area contributed by atoms with Gasteiger partial charge in [-0.1, -0.05) is 0 Å². The monoisotopic (exact) mass is 338 g/mol. The van der Waals surface area contributed by atoms with Gasteiger partial charge in [-0.3, -0.25) is 0 Å². The normalized spacial score (nSPS) is 15.7. The third kappa shape index (κ3) is 3.10. The van der Waals surface area contributed by atoms with E-state index in [9.17, 15) is 57.8 Å². The van der Waals surface area contributed by atoms with Crippen LogP contribution in [0.25, 0.3) is 0 Å². The zero-order valence-corrected chi connectivity index (χ0v) is 9.94. The van der Waals surface area contributed by atoms with Gasteiger partial charge in [0.25, 0.3) is 6.11 Å². The van der Waals surface area contributed by atoms with Crippen LogP contribution in [-0.4, -0.2) is 35.7 Å². The molecule has 0 bridgehead atoms. The molecule has 0 aliphatic carbocycles. The average molecular weight is 338 g/mol. The van der Waals surface area contributed by atoms with Gasteiger partial charge in [-0.15, -0.1) is 0 Å². The Morgan fingerprint density at radius 3 is 0.952 bits per heavy atom. The van der Waals surface area contributed by atoms with E-state index in [1.807, 2.05) is 0 Å². The standard InChI is InChI=1S/C7H3F12O.Li/c1-2(8,9)3(10,11)4(12,13)5(14,15)6(16,17)7(18,19)20;/h1H3;/q-1;+1. The molecule has 0 spiro atoms. The van der Waals surface area contributed by atoms with E-state index in [0.717, 1.165) is 0 Å². The van der Waals surface area contributed by atoms with Gasteiger partial charge in [0.2, 0.25) is 0 Å². The first-order chi connectivity index (χ1) is 8.25. The second kappa shape index (κ2) is 5.41. The van der Waals surface area contributed by atoms with Gasteiger partial charge in [0.15, 0.2) is 0 Å². The van der Waals surface area contributed by atoms with E-state index in [2.05, 4.69) is 0 Å². The van der Waals surface area contributed by atoms with Crippen molar-refractivity contribution in [3.63, 3.8) is 0 Å². The van der Waals surface area contributed by atoms with Crippen molar-refractivity contribution in [2.75, 3.05) is 0 Å². The van der Waals surface area contributed by atoms with Crippen molar-refractivity contribution >= 4 is 0 Å². The van der Waals surface area contributed by atoms with Crippen LogP contribution in [0, 0.1) is 0 Å². The van der Waals surface area contributed by atoms with Crippen molar-refractivity contribution in [3.05, 3.63) is 0 Å². The maximum atomic E-state index is 12.6. The molecule has 0 N–H and O–H groups in total. The summed E-state index contributed by atoms with van der Waals surface area (Å²) in [7, 11) is 0. The molecule has 0 unspecified atom stereocenters. The summed E-state index contributed by atoms with van der Waals surface area (Å²) in [6.07, 6.45) is -7.11. The molecule has 0 rings (SSSR count). The summed E-state index contributed by atoms with van der Waals surface area (Å²) in [5.74, 6) is -36.0. The minimum atomic E-state index is -7.74. The van der Waals surface area contributed by atoms with Gasteiger partial charge in [-0.2, -0.15) is 43.9 Å². The number of alkyl halides is 12. The Labute approximate surface area is 120 Å². The summed E-state index contributed by atoms with van der Waals surface area (Å²) in [4.78, 5) is 0. The number of halogens is 12. The van der Waals surface area contributed by atoms with Crippen LogP contribution in [0.1, 0.15) is 6.92 Å². The first kappa shape index (κ1) is 23.0. The molecule has 14 heteroatoms. The molecule has 1 nitrogen and oxygen atoms in total. The van der Waals surface area contributed by atoms with Gasteiger partial charge >= 0.3 is 48.5 Å². The Bertz CT molecular complexity index is 331. The molecule has 0 radical (unpaired) electrons. The van der Waals surface area contributed by atoms with Crippen LogP contribution in [-0.2, 0) is 0 Å². The zero-order chi connectivity index (χ0) is 17.0. The van der Waals surface area contributed by atoms with Crippen LogP contribution < -0.4 is 24.0 Å². The molecule has 0 aliphatic rings. The van der Waals surface area contributed by atoms with E-state index in [1.54, 1.807) is 0 Å². The Kier molecular flexibility index (Phi) is 5.93. The van der Waals surface area contributed by atoms with Gasteiger partial charge in [-0.25, -0.2) is 8.78 Å². The van der Waals surface area contributed by atoms with Crippen molar-refractivity contribution in [3.8, 4) is 0 Å². The molecule has 0 saturated heterocycles. The first-order valence-corrected chi connectivity index (χ1v) is 4.22. The first-order valence-electron chi connectivity index (χ1n) is 4.22. The third-order valence-corrected chi connectivity index (χ3v) is 2.10. The Morgan fingerprint density at radius 1 is 0.524 bits per heavy atom. The van der Waals surface area contributed by atoms with Crippen molar-refractivity contribution in [1.29, 1.82) is 0 Å². The average Bonchev–Trinajstić information content (AvgIpc) is 2.12. The summed E-state index contributed by atoms with van der Waals surface area (Å²) in [6.45, 7) is -1.02. The Balaban J connectivity index is 0. The van der Waals surface area contributed by atoms with Gasteiger partial charge in [0, 0.05) is 6.92 Å². The zero-order valence-electron chi connectivity index (χ0n) is 9.94. The predicted octanol–water partition coefficient (Wildman–Crippen LogP) is 0.140. The largest absolute Gasteiger partial charge is 1.00 e. The molecule has 0 amide bonds. The topological polar surface area (TPSA) is 23.1 Å². The summed E-state index contributed by atoms with van der Waals surface area (Å²) in [6, 6.07) is 0. The van der Waals surface area contributed by atoms with Crippen LogP contribution in [0.2, 0.25) is 0 Å². The second-order valence-corrected chi connectivity index (χ2v) is 3.70. The minimum absolute atomic E-state index is 0. The molecule has 0 heterocycles. The fourth-order valence-corrected chi connectivity index (χ4v) is 0.853. The quantitative estimate of drug-likeness (QED) is 0.517.